The minimum absolute atomic E-state index is 0.0531. The van der Waals surface area contributed by atoms with Crippen molar-refractivity contribution in [3.8, 4) is 5.75 Å². The van der Waals surface area contributed by atoms with Crippen LogP contribution in [0.3, 0.4) is 0 Å². The molecule has 0 fully saturated rings. The highest BCUT2D eigenvalue weighted by Crippen LogP contribution is 2.43. The summed E-state index contributed by atoms with van der Waals surface area (Å²) in [5, 5.41) is 3.60. The Morgan fingerprint density at radius 2 is 1.97 bits per heavy atom. The van der Waals surface area contributed by atoms with Crippen LogP contribution in [0.15, 0.2) is 53.0 Å². The van der Waals surface area contributed by atoms with E-state index in [1.165, 1.54) is 13.2 Å². The molecular weight excluding hydrogens is 429 g/mol. The van der Waals surface area contributed by atoms with Crippen molar-refractivity contribution in [1.82, 2.24) is 5.32 Å². The van der Waals surface area contributed by atoms with Crippen LogP contribution in [0.25, 0.3) is 5.70 Å². The lowest BCUT2D eigenvalue weighted by Crippen LogP contribution is -2.37. The summed E-state index contributed by atoms with van der Waals surface area (Å²) in [7, 11) is 1.49. The summed E-state index contributed by atoms with van der Waals surface area (Å²) in [6.07, 6.45) is 0. The fourth-order valence-electron chi connectivity index (χ4n) is 3.10. The fraction of sp³-hybridized carbons (Fsp3) is 0.238. The van der Waals surface area contributed by atoms with Gasteiger partial charge < -0.3 is 25.3 Å². The van der Waals surface area contributed by atoms with E-state index in [4.69, 9.17) is 43.1 Å². The van der Waals surface area contributed by atoms with E-state index in [9.17, 15) is 4.79 Å². The van der Waals surface area contributed by atoms with Gasteiger partial charge in [0.25, 0.3) is 0 Å². The van der Waals surface area contributed by atoms with Gasteiger partial charge >= 0.3 is 5.97 Å². The van der Waals surface area contributed by atoms with E-state index in [0.29, 0.717) is 22.0 Å². The lowest BCUT2D eigenvalue weighted by molar-refractivity contribution is -0.138. The molecule has 0 bridgehead atoms. The van der Waals surface area contributed by atoms with Crippen molar-refractivity contribution >= 4 is 40.8 Å². The highest BCUT2D eigenvalue weighted by atomic mass is 35.5. The number of guanidine groups is 1. The zero-order valence-electron chi connectivity index (χ0n) is 16.4. The van der Waals surface area contributed by atoms with Crippen molar-refractivity contribution in [2.24, 2.45) is 10.7 Å². The maximum atomic E-state index is 13.0. The Bertz CT molecular complexity index is 993. The van der Waals surface area contributed by atoms with Gasteiger partial charge in [-0.2, -0.15) is 0 Å². The first-order chi connectivity index (χ1) is 14.5. The first kappa shape index (κ1) is 22.0. The summed E-state index contributed by atoms with van der Waals surface area (Å²) in [6, 6.07) is 11.6. The Hall–Kier alpha value is -2.74. The molecule has 30 heavy (non-hydrogen) atoms. The summed E-state index contributed by atoms with van der Waals surface area (Å²) in [4.78, 5) is 17.5. The van der Waals surface area contributed by atoms with Crippen LogP contribution in [0.2, 0.25) is 10.0 Å². The summed E-state index contributed by atoms with van der Waals surface area (Å²) >= 11 is 12.6. The number of nitrogens with one attached hydrogen (secondary N) is 1. The number of halogens is 2. The number of nitrogens with two attached hydrogens (primary N) is 1. The van der Waals surface area contributed by atoms with Crippen molar-refractivity contribution in [3.63, 3.8) is 0 Å². The average molecular weight is 450 g/mol. The standard InChI is InChI=1S/C21H21Cl2N3O4/c1-3-29-20(27)16-17(12-7-5-4-6-8-12)25-21(24)26-18(16)14-9-13(22)10-15(23)19(14)30-11-28-2/h4-10,18H,3,11H2,1-2H3,(H3,24,25,26). The number of esters is 1. The number of carbonyl (C=O) groups is 1. The van der Waals surface area contributed by atoms with Gasteiger partial charge in [0, 0.05) is 17.7 Å². The maximum absolute atomic E-state index is 13.0. The molecule has 3 N–H and O–H groups in total. The number of methoxy groups -OCH3 is 1. The second kappa shape index (κ2) is 9.84. The normalized spacial score (nSPS) is 16.0. The molecule has 0 amide bonds. The SMILES string of the molecule is CCOC(=O)C1=C(c2ccccc2)NC(N)=NC1c1cc(Cl)cc(Cl)c1OCOC. The maximum Gasteiger partial charge on any atom is 0.338 e. The molecule has 1 aliphatic heterocycles. The zero-order valence-corrected chi connectivity index (χ0v) is 18.0. The van der Waals surface area contributed by atoms with Gasteiger partial charge in [0.15, 0.2) is 12.8 Å². The van der Waals surface area contributed by atoms with Crippen molar-refractivity contribution in [3.05, 3.63) is 69.2 Å². The van der Waals surface area contributed by atoms with Crippen molar-refractivity contribution in [1.29, 1.82) is 0 Å². The molecule has 7 nitrogen and oxygen atoms in total. The van der Waals surface area contributed by atoms with Gasteiger partial charge in [-0.25, -0.2) is 9.79 Å². The summed E-state index contributed by atoms with van der Waals surface area (Å²) < 4.78 is 16.0. The first-order valence-electron chi connectivity index (χ1n) is 9.13. The van der Waals surface area contributed by atoms with Gasteiger partial charge in [0.1, 0.15) is 11.8 Å². The van der Waals surface area contributed by atoms with E-state index in [-0.39, 0.29) is 30.0 Å². The molecule has 1 aliphatic rings. The summed E-state index contributed by atoms with van der Waals surface area (Å²) in [6.45, 7) is 1.87. The Morgan fingerprint density at radius 1 is 1.23 bits per heavy atom. The van der Waals surface area contributed by atoms with Gasteiger partial charge in [0.05, 0.1) is 22.9 Å². The minimum Gasteiger partial charge on any atom is -0.466 e. The smallest absolute Gasteiger partial charge is 0.338 e. The van der Waals surface area contributed by atoms with Crippen LogP contribution in [0, 0.1) is 0 Å². The quantitative estimate of drug-likeness (QED) is 0.491. The van der Waals surface area contributed by atoms with Crippen molar-refractivity contribution < 1.29 is 19.0 Å². The molecule has 1 heterocycles. The zero-order chi connectivity index (χ0) is 21.7. The van der Waals surface area contributed by atoms with Gasteiger partial charge in [-0.1, -0.05) is 53.5 Å². The predicted molar refractivity (Wildman–Crippen MR) is 116 cm³/mol. The largest absolute Gasteiger partial charge is 0.466 e. The Kier molecular flexibility index (Phi) is 7.20. The van der Waals surface area contributed by atoms with Crippen LogP contribution in [-0.4, -0.2) is 32.4 Å². The summed E-state index contributed by atoms with van der Waals surface area (Å²) in [5.74, 6) is -0.125. The molecule has 0 saturated heterocycles. The third kappa shape index (κ3) is 4.70. The topological polar surface area (TPSA) is 95.2 Å². The predicted octanol–water partition coefficient (Wildman–Crippen LogP) is 3.91. The Balaban J connectivity index is 2.24. The van der Waals surface area contributed by atoms with E-state index in [1.807, 2.05) is 30.3 Å². The van der Waals surface area contributed by atoms with Crippen molar-refractivity contribution in [2.75, 3.05) is 20.5 Å². The lowest BCUT2D eigenvalue weighted by atomic mass is 9.92. The number of rotatable bonds is 7. The van der Waals surface area contributed by atoms with Gasteiger partial charge in [-0.15, -0.1) is 0 Å². The van der Waals surface area contributed by atoms with Crippen molar-refractivity contribution in [2.45, 2.75) is 13.0 Å². The average Bonchev–Trinajstić information content (AvgIpc) is 2.72. The first-order valence-corrected chi connectivity index (χ1v) is 9.89. The van der Waals surface area contributed by atoms with E-state index in [1.54, 1.807) is 13.0 Å². The Morgan fingerprint density at radius 3 is 2.63 bits per heavy atom. The molecule has 0 spiro atoms. The fourth-order valence-corrected chi connectivity index (χ4v) is 3.67. The van der Waals surface area contributed by atoms with E-state index < -0.39 is 12.0 Å². The van der Waals surface area contributed by atoms with Crippen LogP contribution in [0.4, 0.5) is 0 Å². The number of aliphatic imine (C=N–C) groups is 1. The van der Waals surface area contributed by atoms with Gasteiger partial charge in [-0.05, 0) is 24.6 Å². The van der Waals surface area contributed by atoms with Crippen LogP contribution in [-0.2, 0) is 14.3 Å². The molecule has 1 unspecified atom stereocenters. The van der Waals surface area contributed by atoms with E-state index in [0.717, 1.165) is 5.56 Å². The van der Waals surface area contributed by atoms with Crippen LogP contribution in [0.5, 0.6) is 5.75 Å². The molecule has 2 aromatic rings. The van der Waals surface area contributed by atoms with Crippen LogP contribution in [0.1, 0.15) is 24.1 Å². The van der Waals surface area contributed by atoms with Gasteiger partial charge in [-0.3, -0.25) is 0 Å². The number of benzene rings is 2. The van der Waals surface area contributed by atoms with E-state index >= 15 is 0 Å². The Labute approximate surface area is 184 Å². The number of hydrogen-bond acceptors (Lipinski definition) is 7. The van der Waals surface area contributed by atoms with Crippen LogP contribution >= 0.6 is 23.2 Å². The molecule has 0 aliphatic carbocycles. The minimum atomic E-state index is -0.858. The molecule has 3 rings (SSSR count). The molecule has 0 radical (unpaired) electrons. The molecule has 158 valence electrons. The lowest BCUT2D eigenvalue weighted by Gasteiger charge is -2.27. The number of nitrogens with zero attached hydrogens (tertiary/aromatic N) is 1. The molecule has 0 saturated carbocycles. The molecule has 2 aromatic carbocycles. The number of hydrogen-bond donors (Lipinski definition) is 2. The summed E-state index contributed by atoms with van der Waals surface area (Å²) in [5.41, 5.74) is 8.03. The monoisotopic (exact) mass is 449 g/mol. The third-order valence-electron chi connectivity index (χ3n) is 4.27. The van der Waals surface area contributed by atoms with Gasteiger partial charge in [0.2, 0.25) is 0 Å². The third-order valence-corrected chi connectivity index (χ3v) is 4.77. The molecule has 9 heteroatoms. The number of carbonyl (C=O) groups excluding carboxylic acids is 1. The van der Waals surface area contributed by atoms with E-state index in [2.05, 4.69) is 10.3 Å². The second-order valence-electron chi connectivity index (χ2n) is 6.27. The molecule has 1 atom stereocenters. The second-order valence-corrected chi connectivity index (χ2v) is 7.12. The highest BCUT2D eigenvalue weighted by Gasteiger charge is 2.34. The molecule has 0 aromatic heterocycles. The molecular formula is C21H21Cl2N3O4. The number of ether oxygens (including phenoxy) is 3. The highest BCUT2D eigenvalue weighted by molar-refractivity contribution is 6.35. The van der Waals surface area contributed by atoms with Crippen LogP contribution < -0.4 is 15.8 Å².